The lowest BCUT2D eigenvalue weighted by Gasteiger charge is -2.24. The number of rotatable bonds is 3. The summed E-state index contributed by atoms with van der Waals surface area (Å²) >= 11 is 1.81. The summed E-state index contributed by atoms with van der Waals surface area (Å²) in [5.41, 5.74) is 0.168. The van der Waals surface area contributed by atoms with Gasteiger partial charge in [0.05, 0.1) is 6.54 Å². The second-order valence-corrected chi connectivity index (χ2v) is 5.32. The highest BCUT2D eigenvalue weighted by atomic mass is 32.1. The monoisotopic (exact) mass is 223 g/mol. The molecule has 3 nitrogen and oxygen atoms in total. The lowest BCUT2D eigenvalue weighted by molar-refractivity contribution is 0.520. The summed E-state index contributed by atoms with van der Waals surface area (Å²) in [6, 6.07) is 4.29. The Morgan fingerprint density at radius 1 is 1.60 bits per heavy atom. The minimum absolute atomic E-state index is 0.168. The molecule has 82 valence electrons. The number of nitrogens with one attached hydrogen (secondary N) is 2. The van der Waals surface area contributed by atoms with Gasteiger partial charge in [-0.2, -0.15) is 0 Å². The molecule has 1 aliphatic heterocycles. The van der Waals surface area contributed by atoms with Crippen LogP contribution in [0.4, 0.5) is 0 Å². The number of aliphatic imine (C=N–C) groups is 1. The van der Waals surface area contributed by atoms with Gasteiger partial charge >= 0.3 is 0 Å². The SMILES string of the molecule is CC(C)(CNC1=NCCN1)c1cccs1. The van der Waals surface area contributed by atoms with Gasteiger partial charge in [-0.25, -0.2) is 0 Å². The zero-order chi connectivity index (χ0) is 10.7. The van der Waals surface area contributed by atoms with Crippen LogP contribution in [-0.4, -0.2) is 25.6 Å². The molecule has 1 aliphatic rings. The van der Waals surface area contributed by atoms with Gasteiger partial charge in [-0.15, -0.1) is 11.3 Å². The first-order valence-corrected chi connectivity index (χ1v) is 6.13. The topological polar surface area (TPSA) is 36.4 Å². The van der Waals surface area contributed by atoms with Crippen LogP contribution in [0.15, 0.2) is 22.5 Å². The fourth-order valence-corrected chi connectivity index (χ4v) is 2.42. The van der Waals surface area contributed by atoms with E-state index in [9.17, 15) is 0 Å². The molecule has 0 saturated carbocycles. The zero-order valence-electron chi connectivity index (χ0n) is 9.21. The molecule has 0 bridgehead atoms. The molecule has 0 aromatic carbocycles. The molecular formula is C11H17N3S. The summed E-state index contributed by atoms with van der Waals surface area (Å²) in [7, 11) is 0. The van der Waals surface area contributed by atoms with Crippen molar-refractivity contribution in [2.75, 3.05) is 19.6 Å². The third-order valence-corrected chi connectivity index (χ3v) is 3.80. The van der Waals surface area contributed by atoms with Gasteiger partial charge in [0.2, 0.25) is 0 Å². The smallest absolute Gasteiger partial charge is 0.191 e. The highest BCUT2D eigenvalue weighted by molar-refractivity contribution is 7.10. The summed E-state index contributed by atoms with van der Waals surface area (Å²) in [6.07, 6.45) is 0. The van der Waals surface area contributed by atoms with Crippen LogP contribution in [0.3, 0.4) is 0 Å². The average Bonchev–Trinajstić information content (AvgIpc) is 2.88. The van der Waals surface area contributed by atoms with Gasteiger partial charge in [0, 0.05) is 23.4 Å². The highest BCUT2D eigenvalue weighted by Gasteiger charge is 2.22. The van der Waals surface area contributed by atoms with Crippen molar-refractivity contribution in [2.24, 2.45) is 4.99 Å². The Labute approximate surface area is 94.6 Å². The molecule has 0 saturated heterocycles. The van der Waals surface area contributed by atoms with Crippen LogP contribution < -0.4 is 10.6 Å². The fourth-order valence-electron chi connectivity index (χ4n) is 1.57. The Morgan fingerprint density at radius 2 is 2.47 bits per heavy atom. The van der Waals surface area contributed by atoms with E-state index >= 15 is 0 Å². The van der Waals surface area contributed by atoms with Gasteiger partial charge in [0.1, 0.15) is 0 Å². The first-order chi connectivity index (χ1) is 7.18. The van der Waals surface area contributed by atoms with Crippen LogP contribution >= 0.6 is 11.3 Å². The largest absolute Gasteiger partial charge is 0.356 e. The summed E-state index contributed by atoms with van der Waals surface area (Å²) in [5.74, 6) is 0.944. The fraction of sp³-hybridized carbons (Fsp3) is 0.545. The molecule has 2 heterocycles. The quantitative estimate of drug-likeness (QED) is 0.816. The summed E-state index contributed by atoms with van der Waals surface area (Å²) < 4.78 is 0. The van der Waals surface area contributed by atoms with Gasteiger partial charge in [0.15, 0.2) is 5.96 Å². The van der Waals surface area contributed by atoms with Crippen molar-refractivity contribution >= 4 is 17.3 Å². The Balaban J connectivity index is 1.93. The number of hydrogen-bond donors (Lipinski definition) is 2. The van der Waals surface area contributed by atoms with Gasteiger partial charge in [-0.3, -0.25) is 4.99 Å². The maximum absolute atomic E-state index is 4.32. The predicted molar refractivity (Wildman–Crippen MR) is 65.7 cm³/mol. The van der Waals surface area contributed by atoms with Crippen molar-refractivity contribution < 1.29 is 0 Å². The van der Waals surface area contributed by atoms with Crippen LogP contribution in [0.1, 0.15) is 18.7 Å². The lowest BCUT2D eigenvalue weighted by Crippen LogP contribution is -2.41. The van der Waals surface area contributed by atoms with Crippen molar-refractivity contribution in [3.05, 3.63) is 22.4 Å². The van der Waals surface area contributed by atoms with Crippen LogP contribution in [0.2, 0.25) is 0 Å². The van der Waals surface area contributed by atoms with Crippen LogP contribution in [0, 0.1) is 0 Å². The second-order valence-electron chi connectivity index (χ2n) is 4.37. The van der Waals surface area contributed by atoms with Gasteiger partial charge in [-0.05, 0) is 11.4 Å². The maximum Gasteiger partial charge on any atom is 0.191 e. The van der Waals surface area contributed by atoms with E-state index in [1.54, 1.807) is 0 Å². The summed E-state index contributed by atoms with van der Waals surface area (Å²) in [4.78, 5) is 5.73. The number of guanidine groups is 1. The van der Waals surface area contributed by atoms with Crippen molar-refractivity contribution in [1.82, 2.24) is 10.6 Å². The maximum atomic E-state index is 4.32. The molecule has 0 atom stereocenters. The number of thiophene rings is 1. The van der Waals surface area contributed by atoms with Gasteiger partial charge in [0.25, 0.3) is 0 Å². The molecule has 0 amide bonds. The molecule has 1 aromatic rings. The minimum atomic E-state index is 0.168. The molecule has 4 heteroatoms. The van der Waals surface area contributed by atoms with Crippen molar-refractivity contribution in [3.63, 3.8) is 0 Å². The number of hydrogen-bond acceptors (Lipinski definition) is 4. The molecule has 0 fully saturated rings. The molecule has 1 aromatic heterocycles. The van der Waals surface area contributed by atoms with E-state index in [0.717, 1.165) is 25.6 Å². The Hall–Kier alpha value is -1.03. The normalized spacial score (nSPS) is 16.0. The van der Waals surface area contributed by atoms with Crippen LogP contribution in [-0.2, 0) is 5.41 Å². The Morgan fingerprint density at radius 3 is 3.07 bits per heavy atom. The first-order valence-electron chi connectivity index (χ1n) is 5.25. The van der Waals surface area contributed by atoms with Crippen molar-refractivity contribution in [3.8, 4) is 0 Å². The summed E-state index contributed by atoms with van der Waals surface area (Å²) in [6.45, 7) is 7.27. The number of nitrogens with zero attached hydrogens (tertiary/aromatic N) is 1. The van der Waals surface area contributed by atoms with Crippen LogP contribution in [0.25, 0.3) is 0 Å². The Kier molecular flexibility index (Phi) is 2.95. The second kappa shape index (κ2) is 4.23. The predicted octanol–water partition coefficient (Wildman–Crippen LogP) is 1.57. The first kappa shape index (κ1) is 10.5. The van der Waals surface area contributed by atoms with Gasteiger partial charge in [-0.1, -0.05) is 19.9 Å². The van der Waals surface area contributed by atoms with E-state index in [2.05, 4.69) is 47.0 Å². The molecular weight excluding hydrogens is 206 g/mol. The summed E-state index contributed by atoms with van der Waals surface area (Å²) in [5, 5.41) is 8.70. The average molecular weight is 223 g/mol. The van der Waals surface area contributed by atoms with E-state index in [1.807, 2.05) is 11.3 Å². The van der Waals surface area contributed by atoms with Crippen LogP contribution in [0.5, 0.6) is 0 Å². The van der Waals surface area contributed by atoms with E-state index in [1.165, 1.54) is 4.88 Å². The standard InChI is InChI=1S/C11H17N3S/c1-11(2,9-4-3-7-15-9)8-14-10-12-5-6-13-10/h3-4,7H,5-6,8H2,1-2H3,(H2,12,13,14). The molecule has 2 N–H and O–H groups in total. The molecule has 0 aliphatic carbocycles. The van der Waals surface area contributed by atoms with E-state index in [-0.39, 0.29) is 5.41 Å². The highest BCUT2D eigenvalue weighted by Crippen LogP contribution is 2.26. The lowest BCUT2D eigenvalue weighted by atomic mass is 9.91. The third kappa shape index (κ3) is 2.50. The van der Waals surface area contributed by atoms with E-state index in [4.69, 9.17) is 0 Å². The minimum Gasteiger partial charge on any atom is -0.356 e. The Bertz CT molecular complexity index is 341. The third-order valence-electron chi connectivity index (χ3n) is 2.56. The molecule has 0 radical (unpaired) electrons. The zero-order valence-corrected chi connectivity index (χ0v) is 10.0. The van der Waals surface area contributed by atoms with Gasteiger partial charge < -0.3 is 10.6 Å². The van der Waals surface area contributed by atoms with E-state index in [0.29, 0.717) is 0 Å². The van der Waals surface area contributed by atoms with E-state index < -0.39 is 0 Å². The van der Waals surface area contributed by atoms with Crippen molar-refractivity contribution in [1.29, 1.82) is 0 Å². The van der Waals surface area contributed by atoms with Crippen molar-refractivity contribution in [2.45, 2.75) is 19.3 Å². The molecule has 0 spiro atoms. The molecule has 0 unspecified atom stereocenters. The molecule has 15 heavy (non-hydrogen) atoms. The molecule has 2 rings (SSSR count).